The third kappa shape index (κ3) is 2.20. The van der Waals surface area contributed by atoms with Crippen LogP contribution in [0.25, 0.3) is 11.0 Å². The van der Waals surface area contributed by atoms with E-state index in [0.29, 0.717) is 17.4 Å². The maximum absolute atomic E-state index is 12.2. The molecule has 2 aromatic heterocycles. The van der Waals surface area contributed by atoms with Gasteiger partial charge in [0.2, 0.25) is 0 Å². The number of hydrogen-bond acceptors (Lipinski definition) is 5. The van der Waals surface area contributed by atoms with Crippen LogP contribution in [0, 0.1) is 0 Å². The summed E-state index contributed by atoms with van der Waals surface area (Å²) >= 11 is 1.48. The van der Waals surface area contributed by atoms with Crippen LogP contribution in [0.5, 0.6) is 0 Å². The van der Waals surface area contributed by atoms with Crippen LogP contribution >= 0.6 is 11.8 Å². The van der Waals surface area contributed by atoms with Gasteiger partial charge >= 0.3 is 0 Å². The van der Waals surface area contributed by atoms with Gasteiger partial charge in [-0.3, -0.25) is 19.1 Å². The standard InChI is InChI=1S/C13H12N4O2S/c1-17-10-8(3-2-4-14-10)7-9(12(17)19)11(18)16-13-15-5-6-20-13/h2-4,7H,5-6H2,1H3,(H,15,16,18). The molecule has 0 spiro atoms. The fourth-order valence-corrected chi connectivity index (χ4v) is 2.76. The molecule has 0 bridgehead atoms. The molecule has 20 heavy (non-hydrogen) atoms. The highest BCUT2D eigenvalue weighted by Crippen LogP contribution is 2.12. The summed E-state index contributed by atoms with van der Waals surface area (Å²) in [4.78, 5) is 32.7. The quantitative estimate of drug-likeness (QED) is 0.840. The third-order valence-corrected chi connectivity index (χ3v) is 3.91. The SMILES string of the molecule is Cn1c(=O)c(C(=O)NC2=NCCS2)cc2cccnc21. The molecule has 0 aliphatic carbocycles. The Morgan fingerprint density at radius 1 is 1.50 bits per heavy atom. The molecule has 0 aromatic carbocycles. The highest BCUT2D eigenvalue weighted by Gasteiger charge is 2.17. The number of fused-ring (bicyclic) bond motifs is 1. The lowest BCUT2D eigenvalue weighted by atomic mass is 10.2. The number of carbonyl (C=O) groups is 1. The average Bonchev–Trinajstić information content (AvgIpc) is 2.95. The lowest BCUT2D eigenvalue weighted by Gasteiger charge is -2.08. The van der Waals surface area contributed by atoms with Crippen molar-refractivity contribution in [3.8, 4) is 0 Å². The van der Waals surface area contributed by atoms with E-state index in [4.69, 9.17) is 0 Å². The molecule has 7 heteroatoms. The minimum absolute atomic E-state index is 0.100. The average molecular weight is 288 g/mol. The summed E-state index contributed by atoms with van der Waals surface area (Å²) in [6, 6.07) is 5.16. The minimum atomic E-state index is -0.426. The number of rotatable bonds is 1. The molecule has 1 aliphatic heterocycles. The summed E-state index contributed by atoms with van der Waals surface area (Å²) in [7, 11) is 1.61. The fraction of sp³-hybridized carbons (Fsp3) is 0.231. The second-order valence-corrected chi connectivity index (χ2v) is 5.41. The van der Waals surface area contributed by atoms with Crippen molar-refractivity contribution in [1.82, 2.24) is 14.9 Å². The third-order valence-electron chi connectivity index (χ3n) is 3.02. The summed E-state index contributed by atoms with van der Waals surface area (Å²) in [6.45, 7) is 0.694. The zero-order chi connectivity index (χ0) is 14.1. The summed E-state index contributed by atoms with van der Waals surface area (Å²) in [5, 5.41) is 3.99. The first kappa shape index (κ1) is 12.9. The number of hydrogen-bond donors (Lipinski definition) is 1. The molecule has 0 unspecified atom stereocenters. The number of pyridine rings is 2. The van der Waals surface area contributed by atoms with E-state index in [9.17, 15) is 9.59 Å². The van der Waals surface area contributed by atoms with E-state index in [-0.39, 0.29) is 11.1 Å². The van der Waals surface area contributed by atoms with E-state index in [0.717, 1.165) is 11.1 Å². The number of amides is 1. The van der Waals surface area contributed by atoms with E-state index in [1.807, 2.05) is 6.07 Å². The monoisotopic (exact) mass is 288 g/mol. The van der Waals surface area contributed by atoms with Gasteiger partial charge in [-0.1, -0.05) is 11.8 Å². The van der Waals surface area contributed by atoms with Crippen molar-refractivity contribution in [2.24, 2.45) is 12.0 Å². The number of aliphatic imine (C=N–C) groups is 1. The van der Waals surface area contributed by atoms with Crippen LogP contribution in [0.1, 0.15) is 10.4 Å². The van der Waals surface area contributed by atoms with Crippen LogP contribution in [0.2, 0.25) is 0 Å². The Balaban J connectivity index is 2.05. The second-order valence-electron chi connectivity index (χ2n) is 4.33. The molecule has 102 valence electrons. The molecule has 0 saturated carbocycles. The van der Waals surface area contributed by atoms with Crippen molar-refractivity contribution < 1.29 is 4.79 Å². The Morgan fingerprint density at radius 2 is 2.35 bits per heavy atom. The lowest BCUT2D eigenvalue weighted by molar-refractivity contribution is 0.0976. The molecular formula is C13H12N4O2S. The van der Waals surface area contributed by atoms with Crippen molar-refractivity contribution in [3.63, 3.8) is 0 Å². The number of nitrogens with zero attached hydrogens (tertiary/aromatic N) is 3. The Morgan fingerprint density at radius 3 is 3.10 bits per heavy atom. The Bertz CT molecular complexity index is 782. The first-order valence-corrected chi connectivity index (χ1v) is 7.09. The fourth-order valence-electron chi connectivity index (χ4n) is 2.03. The van der Waals surface area contributed by atoms with Gasteiger partial charge in [-0.05, 0) is 18.2 Å². The molecule has 6 nitrogen and oxygen atoms in total. The lowest BCUT2D eigenvalue weighted by Crippen LogP contribution is -2.34. The Labute approximate surface area is 118 Å². The molecule has 0 radical (unpaired) electrons. The van der Waals surface area contributed by atoms with Gasteiger partial charge in [-0.25, -0.2) is 4.98 Å². The first-order chi connectivity index (χ1) is 9.66. The van der Waals surface area contributed by atoms with Crippen LogP contribution in [0.15, 0.2) is 34.2 Å². The Kier molecular flexibility index (Phi) is 3.27. The predicted octanol–water partition coefficient (Wildman–Crippen LogP) is 0.766. The van der Waals surface area contributed by atoms with E-state index in [1.54, 1.807) is 25.4 Å². The van der Waals surface area contributed by atoms with E-state index in [2.05, 4.69) is 15.3 Å². The van der Waals surface area contributed by atoms with Gasteiger partial charge in [0.25, 0.3) is 11.5 Å². The van der Waals surface area contributed by atoms with Gasteiger partial charge in [0.1, 0.15) is 11.2 Å². The maximum Gasteiger partial charge on any atom is 0.264 e. The van der Waals surface area contributed by atoms with Crippen molar-refractivity contribution in [2.45, 2.75) is 0 Å². The molecule has 1 N–H and O–H groups in total. The highest BCUT2D eigenvalue weighted by molar-refractivity contribution is 8.14. The molecular weight excluding hydrogens is 276 g/mol. The summed E-state index contributed by atoms with van der Waals surface area (Å²) < 4.78 is 1.38. The number of carbonyl (C=O) groups excluding carboxylic acids is 1. The van der Waals surface area contributed by atoms with Gasteiger partial charge in [0.05, 0.1) is 6.54 Å². The zero-order valence-electron chi connectivity index (χ0n) is 10.8. The normalized spacial score (nSPS) is 14.3. The largest absolute Gasteiger partial charge is 0.301 e. The number of nitrogens with one attached hydrogen (secondary N) is 1. The van der Waals surface area contributed by atoms with Gasteiger partial charge in [-0.2, -0.15) is 0 Å². The zero-order valence-corrected chi connectivity index (χ0v) is 11.6. The van der Waals surface area contributed by atoms with E-state index >= 15 is 0 Å². The molecule has 0 atom stereocenters. The number of thioether (sulfide) groups is 1. The predicted molar refractivity (Wildman–Crippen MR) is 79.2 cm³/mol. The molecule has 0 saturated heterocycles. The van der Waals surface area contributed by atoms with Crippen LogP contribution in [-0.2, 0) is 7.05 Å². The van der Waals surface area contributed by atoms with Gasteiger partial charge in [-0.15, -0.1) is 0 Å². The van der Waals surface area contributed by atoms with Crippen molar-refractivity contribution in [3.05, 3.63) is 40.3 Å². The molecule has 1 amide bonds. The molecule has 1 aliphatic rings. The van der Waals surface area contributed by atoms with Crippen LogP contribution < -0.4 is 10.9 Å². The number of aromatic nitrogens is 2. The van der Waals surface area contributed by atoms with Gasteiger partial charge in [0, 0.05) is 24.4 Å². The van der Waals surface area contributed by atoms with E-state index in [1.165, 1.54) is 16.3 Å². The van der Waals surface area contributed by atoms with Crippen LogP contribution in [0.4, 0.5) is 0 Å². The van der Waals surface area contributed by atoms with Gasteiger partial charge in [0.15, 0.2) is 5.17 Å². The topological polar surface area (TPSA) is 76.3 Å². The van der Waals surface area contributed by atoms with Crippen LogP contribution in [0.3, 0.4) is 0 Å². The van der Waals surface area contributed by atoms with Gasteiger partial charge < -0.3 is 5.32 Å². The molecule has 3 rings (SSSR count). The molecule has 0 fully saturated rings. The molecule has 3 heterocycles. The minimum Gasteiger partial charge on any atom is -0.301 e. The van der Waals surface area contributed by atoms with Crippen molar-refractivity contribution in [1.29, 1.82) is 0 Å². The Hall–Kier alpha value is -2.15. The number of amidine groups is 1. The summed E-state index contributed by atoms with van der Waals surface area (Å²) in [5.74, 6) is 0.430. The summed E-state index contributed by atoms with van der Waals surface area (Å²) in [5.41, 5.74) is 0.294. The highest BCUT2D eigenvalue weighted by atomic mass is 32.2. The summed E-state index contributed by atoms with van der Waals surface area (Å²) in [6.07, 6.45) is 1.62. The molecule has 2 aromatic rings. The van der Waals surface area contributed by atoms with E-state index < -0.39 is 5.91 Å². The number of aryl methyl sites for hydroxylation is 1. The maximum atomic E-state index is 12.2. The smallest absolute Gasteiger partial charge is 0.264 e. The van der Waals surface area contributed by atoms with Crippen LogP contribution in [-0.4, -0.2) is 32.9 Å². The second kappa shape index (κ2) is 5.09. The van der Waals surface area contributed by atoms with Crippen molar-refractivity contribution in [2.75, 3.05) is 12.3 Å². The first-order valence-electron chi connectivity index (χ1n) is 6.10. The van der Waals surface area contributed by atoms with Crippen molar-refractivity contribution >= 4 is 33.9 Å².